The number of pyridine rings is 2. The van der Waals surface area contributed by atoms with Crippen molar-refractivity contribution >= 4 is 11.3 Å². The molecule has 0 spiro atoms. The minimum Gasteiger partial charge on any atom is -0.489 e. The van der Waals surface area contributed by atoms with Gasteiger partial charge in [0.1, 0.15) is 24.2 Å². The van der Waals surface area contributed by atoms with Gasteiger partial charge in [0.05, 0.1) is 47.2 Å². The van der Waals surface area contributed by atoms with Gasteiger partial charge < -0.3 is 15.2 Å². The van der Waals surface area contributed by atoms with Crippen molar-refractivity contribution in [1.29, 1.82) is 5.26 Å². The monoisotopic (exact) mass is 511 g/mol. The number of benzene rings is 1. The Balaban J connectivity index is 1.37. The molecule has 4 heterocycles. The fourth-order valence-corrected chi connectivity index (χ4v) is 4.04. The molecule has 5 rings (SSSR count). The second-order valence-electron chi connectivity index (χ2n) is 9.65. The van der Waals surface area contributed by atoms with Crippen LogP contribution >= 0.6 is 0 Å². The zero-order chi connectivity index (χ0) is 26.9. The first-order chi connectivity index (χ1) is 18.2. The Kier molecular flexibility index (Phi) is 6.53. The number of ether oxygens (including phenoxy) is 1. The molecule has 0 amide bonds. The normalized spacial score (nSPS) is 12.3. The molecule has 0 aliphatic rings. The average molecular weight is 512 g/mol. The lowest BCUT2D eigenvalue weighted by atomic mass is 10.0. The van der Waals surface area contributed by atoms with Gasteiger partial charge in [0.25, 0.3) is 0 Å². The summed E-state index contributed by atoms with van der Waals surface area (Å²) in [6.07, 6.45) is 7.43. The van der Waals surface area contributed by atoms with Crippen LogP contribution in [0, 0.1) is 17.1 Å². The molecule has 0 fully saturated rings. The highest BCUT2D eigenvalue weighted by molar-refractivity contribution is 5.85. The predicted molar refractivity (Wildman–Crippen MR) is 140 cm³/mol. The molecule has 4 aromatic heterocycles. The van der Waals surface area contributed by atoms with Crippen LogP contribution in [0.4, 0.5) is 10.2 Å². The van der Waals surface area contributed by atoms with Crippen molar-refractivity contribution in [3.05, 3.63) is 90.4 Å². The molecule has 1 aromatic carbocycles. The molecule has 10 heteroatoms. The molecule has 0 aliphatic heterocycles. The van der Waals surface area contributed by atoms with Crippen LogP contribution in [0.25, 0.3) is 22.3 Å². The van der Waals surface area contributed by atoms with Crippen molar-refractivity contribution in [3.63, 3.8) is 0 Å². The number of aliphatic hydroxyl groups is 1. The second kappa shape index (κ2) is 9.95. The lowest BCUT2D eigenvalue weighted by Crippen LogP contribution is -2.27. The Morgan fingerprint density at radius 1 is 1.11 bits per heavy atom. The largest absolute Gasteiger partial charge is 0.489 e. The summed E-state index contributed by atoms with van der Waals surface area (Å²) in [4.78, 5) is 4.59. The van der Waals surface area contributed by atoms with Gasteiger partial charge in [0, 0.05) is 23.4 Å². The van der Waals surface area contributed by atoms with E-state index in [9.17, 15) is 14.8 Å². The summed E-state index contributed by atoms with van der Waals surface area (Å²) < 4.78 is 22.1. The van der Waals surface area contributed by atoms with Crippen molar-refractivity contribution in [1.82, 2.24) is 24.4 Å². The SMILES string of the molecule is CC(Nc1ccc(-c2cc(OCC(C)(C)O)cn3ncc(C#N)c23)cn1)c1ccc(-n2cc(F)cn2)cc1. The first-order valence-corrected chi connectivity index (χ1v) is 12.0. The number of anilines is 1. The number of aromatic nitrogens is 5. The minimum absolute atomic E-state index is 0.0398. The molecule has 0 aliphatic carbocycles. The topological polar surface area (TPSA) is 113 Å². The van der Waals surface area contributed by atoms with Crippen LogP contribution in [0.2, 0.25) is 0 Å². The van der Waals surface area contributed by atoms with E-state index in [4.69, 9.17) is 4.74 Å². The fourth-order valence-electron chi connectivity index (χ4n) is 4.04. The number of hydrogen-bond donors (Lipinski definition) is 2. The van der Waals surface area contributed by atoms with Crippen LogP contribution in [-0.4, -0.2) is 41.7 Å². The molecule has 38 heavy (non-hydrogen) atoms. The summed E-state index contributed by atoms with van der Waals surface area (Å²) in [5, 5.41) is 31.3. The number of nitriles is 1. The van der Waals surface area contributed by atoms with Crippen LogP contribution < -0.4 is 10.1 Å². The van der Waals surface area contributed by atoms with E-state index in [2.05, 4.69) is 26.6 Å². The van der Waals surface area contributed by atoms with Crippen molar-refractivity contribution in [2.45, 2.75) is 32.4 Å². The van der Waals surface area contributed by atoms with Gasteiger partial charge >= 0.3 is 0 Å². The van der Waals surface area contributed by atoms with Crippen LogP contribution in [0.15, 0.2) is 73.4 Å². The summed E-state index contributed by atoms with van der Waals surface area (Å²) in [6.45, 7) is 5.46. The Hall–Kier alpha value is -4.75. The molecule has 5 aromatic rings. The minimum atomic E-state index is -1.000. The van der Waals surface area contributed by atoms with Gasteiger partial charge in [-0.1, -0.05) is 12.1 Å². The maximum absolute atomic E-state index is 13.3. The number of hydrogen-bond acceptors (Lipinski definition) is 7. The van der Waals surface area contributed by atoms with E-state index in [1.54, 1.807) is 30.8 Å². The Bertz CT molecular complexity index is 1610. The number of nitrogens with one attached hydrogen (secondary N) is 1. The quantitative estimate of drug-likeness (QED) is 0.304. The molecule has 0 bridgehead atoms. The van der Waals surface area contributed by atoms with Gasteiger partial charge in [0.15, 0.2) is 5.82 Å². The Morgan fingerprint density at radius 3 is 2.53 bits per heavy atom. The van der Waals surface area contributed by atoms with Gasteiger partial charge in [-0.15, -0.1) is 0 Å². The van der Waals surface area contributed by atoms with Crippen LogP contribution in [-0.2, 0) is 0 Å². The highest BCUT2D eigenvalue weighted by atomic mass is 19.1. The lowest BCUT2D eigenvalue weighted by molar-refractivity contribution is 0.0283. The average Bonchev–Trinajstić information content (AvgIpc) is 3.53. The van der Waals surface area contributed by atoms with Gasteiger partial charge in [-0.05, 0) is 56.7 Å². The molecule has 1 atom stereocenters. The zero-order valence-electron chi connectivity index (χ0n) is 21.1. The third-order valence-corrected chi connectivity index (χ3v) is 5.95. The summed E-state index contributed by atoms with van der Waals surface area (Å²) in [5.41, 5.74) is 3.41. The van der Waals surface area contributed by atoms with E-state index in [0.29, 0.717) is 22.6 Å². The number of rotatable bonds is 8. The summed E-state index contributed by atoms with van der Waals surface area (Å²) in [7, 11) is 0. The van der Waals surface area contributed by atoms with Crippen LogP contribution in [0.5, 0.6) is 5.75 Å². The van der Waals surface area contributed by atoms with E-state index in [0.717, 1.165) is 22.4 Å². The summed E-state index contributed by atoms with van der Waals surface area (Å²) in [5.74, 6) is 0.808. The van der Waals surface area contributed by atoms with E-state index in [-0.39, 0.29) is 18.5 Å². The number of nitrogens with zero attached hydrogens (tertiary/aromatic N) is 6. The summed E-state index contributed by atoms with van der Waals surface area (Å²) in [6, 6.07) is 15.4. The highest BCUT2D eigenvalue weighted by Crippen LogP contribution is 2.31. The lowest BCUT2D eigenvalue weighted by Gasteiger charge is -2.18. The zero-order valence-corrected chi connectivity index (χ0v) is 21.1. The first-order valence-electron chi connectivity index (χ1n) is 12.0. The Labute approximate surface area is 218 Å². The van der Waals surface area contributed by atoms with Crippen molar-refractivity contribution in [2.75, 3.05) is 11.9 Å². The van der Waals surface area contributed by atoms with Crippen molar-refractivity contribution in [2.24, 2.45) is 0 Å². The number of fused-ring (bicyclic) bond motifs is 1. The molecule has 9 nitrogen and oxygen atoms in total. The summed E-state index contributed by atoms with van der Waals surface area (Å²) >= 11 is 0. The second-order valence-corrected chi connectivity index (χ2v) is 9.65. The molecular formula is C28H26FN7O2. The van der Waals surface area contributed by atoms with E-state index < -0.39 is 5.60 Å². The molecule has 0 saturated carbocycles. The van der Waals surface area contributed by atoms with Crippen LogP contribution in [0.3, 0.4) is 0 Å². The van der Waals surface area contributed by atoms with Crippen molar-refractivity contribution in [3.8, 4) is 28.6 Å². The number of halogens is 1. The van der Waals surface area contributed by atoms with E-state index in [1.807, 2.05) is 49.4 Å². The Morgan fingerprint density at radius 2 is 1.89 bits per heavy atom. The molecule has 2 N–H and O–H groups in total. The molecule has 0 saturated heterocycles. The molecular weight excluding hydrogens is 485 g/mol. The maximum atomic E-state index is 13.3. The standard InChI is InChI=1S/C28H26FN7O2/c1-18(19-4-7-23(8-5-19)35-15-22(29)14-33-35)34-26-9-6-20(12-31-26)25-10-24(38-17-28(2,3)37)16-36-27(25)21(11-30)13-32-36/h4-10,12-16,18,37H,17H2,1-3H3,(H,31,34). The third-order valence-electron chi connectivity index (χ3n) is 5.95. The van der Waals surface area contributed by atoms with Gasteiger partial charge in [-0.2, -0.15) is 15.5 Å². The molecule has 1 unspecified atom stereocenters. The van der Waals surface area contributed by atoms with E-state index >= 15 is 0 Å². The fraction of sp³-hybridized carbons (Fsp3) is 0.214. The predicted octanol–water partition coefficient (Wildman–Crippen LogP) is 4.92. The van der Waals surface area contributed by atoms with Crippen LogP contribution in [0.1, 0.15) is 37.9 Å². The van der Waals surface area contributed by atoms with Gasteiger partial charge in [0.2, 0.25) is 0 Å². The van der Waals surface area contributed by atoms with Crippen molar-refractivity contribution < 1.29 is 14.2 Å². The third kappa shape index (κ3) is 5.33. The van der Waals surface area contributed by atoms with E-state index in [1.165, 1.54) is 23.3 Å². The van der Waals surface area contributed by atoms with Gasteiger partial charge in [-0.3, -0.25) is 0 Å². The highest BCUT2D eigenvalue weighted by Gasteiger charge is 2.17. The smallest absolute Gasteiger partial charge is 0.161 e. The molecule has 0 radical (unpaired) electrons. The maximum Gasteiger partial charge on any atom is 0.161 e. The molecule has 192 valence electrons. The first kappa shape index (κ1) is 24.9. The van der Waals surface area contributed by atoms with Gasteiger partial charge in [-0.25, -0.2) is 18.6 Å².